The number of benzene rings is 1. The van der Waals surface area contributed by atoms with Gasteiger partial charge in [-0.2, -0.15) is 0 Å². The van der Waals surface area contributed by atoms with E-state index in [9.17, 15) is 9.59 Å². The highest BCUT2D eigenvalue weighted by Crippen LogP contribution is 2.30. The number of rotatable bonds is 4. The smallest absolute Gasteiger partial charge is 0.253 e. The van der Waals surface area contributed by atoms with Gasteiger partial charge in [0.2, 0.25) is 0 Å². The first-order valence-electron chi connectivity index (χ1n) is 11.1. The first-order chi connectivity index (χ1) is 14.0. The number of amides is 2. The SMILES string of the molecule is CC1CCC(C)N1C1CCCN(C(=O)c2cccc(NC(=O)C3CCCO3)c2)C1. The van der Waals surface area contributed by atoms with Crippen molar-refractivity contribution in [1.82, 2.24) is 9.80 Å². The first kappa shape index (κ1) is 20.4. The fraction of sp³-hybridized carbons (Fsp3) is 0.652. The summed E-state index contributed by atoms with van der Waals surface area (Å²) in [6.45, 7) is 6.86. The van der Waals surface area contributed by atoms with Gasteiger partial charge in [-0.1, -0.05) is 6.07 Å². The molecule has 3 aliphatic rings. The van der Waals surface area contributed by atoms with Gasteiger partial charge in [0, 0.05) is 49.1 Å². The summed E-state index contributed by atoms with van der Waals surface area (Å²) in [6.07, 6.45) is 6.00. The van der Waals surface area contributed by atoms with Crippen molar-refractivity contribution in [3.05, 3.63) is 29.8 Å². The Kier molecular flexibility index (Phi) is 6.20. The van der Waals surface area contributed by atoms with Gasteiger partial charge in [-0.05, 0) is 70.6 Å². The zero-order valence-corrected chi connectivity index (χ0v) is 17.6. The van der Waals surface area contributed by atoms with E-state index in [1.807, 2.05) is 23.1 Å². The maximum Gasteiger partial charge on any atom is 0.253 e. The third-order valence-corrected chi connectivity index (χ3v) is 6.72. The second-order valence-electron chi connectivity index (χ2n) is 8.84. The van der Waals surface area contributed by atoms with Gasteiger partial charge in [0.15, 0.2) is 0 Å². The summed E-state index contributed by atoms with van der Waals surface area (Å²) < 4.78 is 5.45. The number of nitrogens with zero attached hydrogens (tertiary/aromatic N) is 2. The van der Waals surface area contributed by atoms with Crippen LogP contribution >= 0.6 is 0 Å². The molecule has 0 radical (unpaired) electrons. The number of anilines is 1. The second-order valence-corrected chi connectivity index (χ2v) is 8.84. The van der Waals surface area contributed by atoms with Crippen molar-refractivity contribution in [3.63, 3.8) is 0 Å². The van der Waals surface area contributed by atoms with Gasteiger partial charge < -0.3 is 15.0 Å². The predicted octanol–water partition coefficient (Wildman–Crippen LogP) is 3.28. The third kappa shape index (κ3) is 4.48. The van der Waals surface area contributed by atoms with Crippen LogP contribution in [0.1, 0.15) is 62.7 Å². The van der Waals surface area contributed by atoms with E-state index in [1.165, 1.54) is 12.8 Å². The molecule has 4 unspecified atom stereocenters. The Balaban J connectivity index is 1.41. The molecule has 4 atom stereocenters. The highest BCUT2D eigenvalue weighted by atomic mass is 16.5. The topological polar surface area (TPSA) is 61.9 Å². The average Bonchev–Trinajstić information content (AvgIpc) is 3.38. The van der Waals surface area contributed by atoms with Gasteiger partial charge >= 0.3 is 0 Å². The number of likely N-dealkylation sites (tertiary alicyclic amines) is 2. The molecule has 0 aliphatic carbocycles. The van der Waals surface area contributed by atoms with Gasteiger partial charge in [0.25, 0.3) is 11.8 Å². The standard InChI is InChI=1S/C23H33N3O3/c1-16-10-11-17(2)26(16)20-8-4-12-25(15-20)23(28)18-6-3-7-19(14-18)24-22(27)21-9-5-13-29-21/h3,6-7,14,16-17,20-21H,4-5,8-13,15H2,1-2H3,(H,24,27). The Morgan fingerprint density at radius 2 is 1.86 bits per heavy atom. The van der Waals surface area contributed by atoms with Crippen molar-refractivity contribution in [3.8, 4) is 0 Å². The molecule has 4 rings (SSSR count). The lowest BCUT2D eigenvalue weighted by atomic mass is 10.0. The van der Waals surface area contributed by atoms with Gasteiger partial charge in [0.1, 0.15) is 6.10 Å². The number of nitrogens with one attached hydrogen (secondary N) is 1. The Bertz CT molecular complexity index is 737. The zero-order chi connectivity index (χ0) is 20.4. The molecule has 0 bridgehead atoms. The van der Waals surface area contributed by atoms with Crippen molar-refractivity contribution < 1.29 is 14.3 Å². The fourth-order valence-electron chi connectivity index (χ4n) is 5.24. The summed E-state index contributed by atoms with van der Waals surface area (Å²) in [6, 6.07) is 8.94. The molecule has 0 saturated carbocycles. The minimum absolute atomic E-state index is 0.0578. The minimum atomic E-state index is -0.373. The van der Waals surface area contributed by atoms with Crippen LogP contribution in [0.25, 0.3) is 0 Å². The average molecular weight is 400 g/mol. The van der Waals surface area contributed by atoms with E-state index in [4.69, 9.17) is 4.74 Å². The maximum atomic E-state index is 13.2. The van der Waals surface area contributed by atoms with Crippen LogP contribution in [0.3, 0.4) is 0 Å². The summed E-state index contributed by atoms with van der Waals surface area (Å²) in [5.41, 5.74) is 1.30. The van der Waals surface area contributed by atoms with Gasteiger partial charge in [-0.3, -0.25) is 14.5 Å². The van der Waals surface area contributed by atoms with Crippen LogP contribution in [-0.2, 0) is 9.53 Å². The van der Waals surface area contributed by atoms with Crippen LogP contribution in [0.4, 0.5) is 5.69 Å². The molecule has 2 amide bonds. The quantitative estimate of drug-likeness (QED) is 0.844. The molecule has 0 spiro atoms. The number of ether oxygens (including phenoxy) is 1. The van der Waals surface area contributed by atoms with Crippen LogP contribution in [0.5, 0.6) is 0 Å². The molecule has 3 fully saturated rings. The van der Waals surface area contributed by atoms with Crippen LogP contribution in [0.15, 0.2) is 24.3 Å². The number of carbonyl (C=O) groups is 2. The second kappa shape index (κ2) is 8.84. The van der Waals surface area contributed by atoms with E-state index in [1.54, 1.807) is 6.07 Å². The Morgan fingerprint density at radius 3 is 2.59 bits per heavy atom. The molecular formula is C23H33N3O3. The maximum absolute atomic E-state index is 13.2. The van der Waals surface area contributed by atoms with Crippen molar-refractivity contribution in [2.24, 2.45) is 0 Å². The highest BCUT2D eigenvalue weighted by molar-refractivity contribution is 5.98. The number of hydrogen-bond acceptors (Lipinski definition) is 4. The van der Waals surface area contributed by atoms with Crippen LogP contribution in [-0.4, -0.2) is 65.5 Å². The van der Waals surface area contributed by atoms with E-state index >= 15 is 0 Å². The van der Waals surface area contributed by atoms with E-state index < -0.39 is 0 Å². The molecule has 158 valence electrons. The summed E-state index contributed by atoms with van der Waals surface area (Å²) in [4.78, 5) is 30.1. The zero-order valence-electron chi connectivity index (χ0n) is 17.6. The Hall–Kier alpha value is -1.92. The third-order valence-electron chi connectivity index (χ3n) is 6.72. The molecule has 29 heavy (non-hydrogen) atoms. The predicted molar refractivity (Wildman–Crippen MR) is 113 cm³/mol. The van der Waals surface area contributed by atoms with Gasteiger partial charge in [-0.25, -0.2) is 0 Å². The van der Waals surface area contributed by atoms with Crippen LogP contribution in [0.2, 0.25) is 0 Å². The molecular weight excluding hydrogens is 366 g/mol. The number of hydrogen-bond donors (Lipinski definition) is 1. The van der Waals surface area contributed by atoms with Gasteiger partial charge in [-0.15, -0.1) is 0 Å². The molecule has 3 heterocycles. The highest BCUT2D eigenvalue weighted by Gasteiger charge is 2.36. The summed E-state index contributed by atoms with van der Waals surface area (Å²) in [7, 11) is 0. The van der Waals surface area contributed by atoms with Crippen molar-refractivity contribution >= 4 is 17.5 Å². The van der Waals surface area contributed by atoms with Gasteiger partial charge in [0.05, 0.1) is 0 Å². The van der Waals surface area contributed by atoms with E-state index in [2.05, 4.69) is 24.1 Å². The minimum Gasteiger partial charge on any atom is -0.368 e. The molecule has 3 saturated heterocycles. The lowest BCUT2D eigenvalue weighted by molar-refractivity contribution is -0.124. The Morgan fingerprint density at radius 1 is 1.07 bits per heavy atom. The largest absolute Gasteiger partial charge is 0.368 e. The lowest BCUT2D eigenvalue weighted by Gasteiger charge is -2.41. The van der Waals surface area contributed by atoms with Crippen molar-refractivity contribution in [1.29, 1.82) is 0 Å². The van der Waals surface area contributed by atoms with Crippen molar-refractivity contribution in [2.45, 2.75) is 76.6 Å². The Labute approximate surface area is 173 Å². The summed E-state index contributed by atoms with van der Waals surface area (Å²) in [5, 5.41) is 2.90. The molecule has 6 nitrogen and oxygen atoms in total. The summed E-state index contributed by atoms with van der Waals surface area (Å²) in [5.74, 6) is -0.0652. The lowest BCUT2D eigenvalue weighted by Crippen LogP contribution is -2.52. The molecule has 1 aromatic rings. The number of carbonyl (C=O) groups excluding carboxylic acids is 2. The summed E-state index contributed by atoms with van der Waals surface area (Å²) >= 11 is 0. The van der Waals surface area contributed by atoms with E-state index in [0.29, 0.717) is 36.0 Å². The van der Waals surface area contributed by atoms with E-state index in [0.717, 1.165) is 38.8 Å². The molecule has 1 N–H and O–H groups in total. The van der Waals surface area contributed by atoms with Crippen LogP contribution in [0, 0.1) is 0 Å². The normalized spacial score (nSPS) is 30.5. The molecule has 1 aromatic carbocycles. The molecule has 0 aromatic heterocycles. The number of piperidine rings is 1. The van der Waals surface area contributed by atoms with Crippen molar-refractivity contribution in [2.75, 3.05) is 25.0 Å². The van der Waals surface area contributed by atoms with Crippen LogP contribution < -0.4 is 5.32 Å². The first-order valence-corrected chi connectivity index (χ1v) is 11.1. The van der Waals surface area contributed by atoms with E-state index in [-0.39, 0.29) is 17.9 Å². The monoisotopic (exact) mass is 399 g/mol. The molecule has 3 aliphatic heterocycles. The molecule has 6 heteroatoms. The fourth-order valence-corrected chi connectivity index (χ4v) is 5.24.